The van der Waals surface area contributed by atoms with Crippen molar-refractivity contribution >= 4 is 29.5 Å². The van der Waals surface area contributed by atoms with E-state index >= 15 is 0 Å². The predicted octanol–water partition coefficient (Wildman–Crippen LogP) is 3.02. The number of thiazole rings is 1. The first-order chi connectivity index (χ1) is 15.2. The average Bonchev–Trinajstić information content (AvgIpc) is 3.02. The molecule has 0 amide bonds. The van der Waals surface area contributed by atoms with Gasteiger partial charge in [-0.1, -0.05) is 24.3 Å². The molecule has 0 bridgehead atoms. The molecular weight excluding hydrogens is 441 g/mol. The van der Waals surface area contributed by atoms with E-state index in [1.54, 1.807) is 31.2 Å². The number of carbonyl (C=O) groups is 1. The van der Waals surface area contributed by atoms with Gasteiger partial charge in [-0.15, -0.1) is 11.3 Å². The van der Waals surface area contributed by atoms with Gasteiger partial charge in [-0.3, -0.25) is 9.36 Å². The summed E-state index contributed by atoms with van der Waals surface area (Å²) in [5, 5.41) is 8.93. The highest BCUT2D eigenvalue weighted by molar-refractivity contribution is 7.07. The summed E-state index contributed by atoms with van der Waals surface area (Å²) in [6.45, 7) is 1.92. The maximum absolute atomic E-state index is 13.0. The minimum absolute atomic E-state index is 0.114. The second-order valence-electron chi connectivity index (χ2n) is 6.67. The molecule has 0 saturated heterocycles. The van der Waals surface area contributed by atoms with Gasteiger partial charge in [-0.2, -0.15) is 18.4 Å². The van der Waals surface area contributed by atoms with E-state index in [0.717, 1.165) is 23.5 Å². The molecule has 5 nitrogen and oxygen atoms in total. The summed E-state index contributed by atoms with van der Waals surface area (Å²) in [5.74, 6) is -0.632. The molecule has 3 aromatic rings. The zero-order valence-corrected chi connectivity index (χ0v) is 17.7. The van der Waals surface area contributed by atoms with Crippen LogP contribution in [0.4, 0.5) is 13.2 Å². The van der Waals surface area contributed by atoms with Gasteiger partial charge in [0.1, 0.15) is 4.66 Å². The van der Waals surface area contributed by atoms with Crippen molar-refractivity contribution in [2.24, 2.45) is 0 Å². The minimum atomic E-state index is -4.50. The number of hydrogen-bond donors (Lipinski definition) is 0. The molecule has 0 atom stereocenters. The largest absolute Gasteiger partial charge is 0.463 e. The number of halogens is 3. The van der Waals surface area contributed by atoms with Crippen molar-refractivity contribution < 1.29 is 22.7 Å². The van der Waals surface area contributed by atoms with Crippen molar-refractivity contribution in [3.8, 4) is 6.07 Å². The molecule has 1 aromatic heterocycles. The molecule has 0 radical (unpaired) electrons. The van der Waals surface area contributed by atoms with Gasteiger partial charge in [-0.05, 0) is 48.4 Å². The van der Waals surface area contributed by atoms with Crippen LogP contribution in [0.15, 0.2) is 53.3 Å². The fraction of sp³-hybridized carbons (Fsp3) is 0.174. The Hall–Kier alpha value is -3.64. The van der Waals surface area contributed by atoms with E-state index in [-0.39, 0.29) is 23.2 Å². The Balaban J connectivity index is 2.12. The van der Waals surface area contributed by atoms with Crippen LogP contribution in [0.5, 0.6) is 0 Å². The van der Waals surface area contributed by atoms with Crippen molar-refractivity contribution in [3.05, 3.63) is 90.3 Å². The van der Waals surface area contributed by atoms with Crippen LogP contribution >= 0.6 is 11.3 Å². The molecule has 9 heteroatoms. The van der Waals surface area contributed by atoms with Gasteiger partial charge < -0.3 is 4.74 Å². The number of nitriles is 1. The number of aromatic nitrogens is 1. The molecule has 0 aliphatic heterocycles. The fourth-order valence-corrected chi connectivity index (χ4v) is 3.93. The summed E-state index contributed by atoms with van der Waals surface area (Å²) in [6, 6.07) is 13.2. The number of nitrogens with zero attached hydrogens (tertiary/aromatic N) is 2. The third-order valence-electron chi connectivity index (χ3n) is 4.40. The average molecular weight is 458 g/mol. The van der Waals surface area contributed by atoms with Crippen LogP contribution < -0.4 is 14.8 Å². The van der Waals surface area contributed by atoms with Gasteiger partial charge in [0.25, 0.3) is 5.56 Å². The Morgan fingerprint density at radius 3 is 2.56 bits per heavy atom. The first-order valence-electron chi connectivity index (χ1n) is 9.47. The van der Waals surface area contributed by atoms with Gasteiger partial charge in [0, 0.05) is 0 Å². The first-order valence-corrected chi connectivity index (χ1v) is 10.3. The lowest BCUT2D eigenvalue weighted by Crippen LogP contribution is -2.32. The molecular formula is C23H17F3N2O3S. The number of ether oxygens (including phenoxy) is 1. The van der Waals surface area contributed by atoms with E-state index in [9.17, 15) is 22.8 Å². The molecule has 164 valence electrons. The summed E-state index contributed by atoms with van der Waals surface area (Å²) in [4.78, 5) is 25.0. The highest BCUT2D eigenvalue weighted by Gasteiger charge is 2.30. The van der Waals surface area contributed by atoms with E-state index in [4.69, 9.17) is 10.00 Å². The van der Waals surface area contributed by atoms with Crippen molar-refractivity contribution in [3.63, 3.8) is 0 Å². The van der Waals surface area contributed by atoms with E-state index < -0.39 is 23.3 Å². The molecule has 0 fully saturated rings. The quantitative estimate of drug-likeness (QED) is 0.551. The highest BCUT2D eigenvalue weighted by Crippen LogP contribution is 2.29. The topological polar surface area (TPSA) is 72.1 Å². The number of benzene rings is 2. The van der Waals surface area contributed by atoms with E-state index in [0.29, 0.717) is 15.8 Å². The molecule has 0 spiro atoms. The van der Waals surface area contributed by atoms with E-state index in [2.05, 4.69) is 0 Å². The van der Waals surface area contributed by atoms with Crippen LogP contribution in [-0.2, 0) is 22.3 Å². The monoisotopic (exact) mass is 458 g/mol. The van der Waals surface area contributed by atoms with Crippen molar-refractivity contribution in [2.45, 2.75) is 19.6 Å². The maximum Gasteiger partial charge on any atom is 0.416 e. The van der Waals surface area contributed by atoms with Gasteiger partial charge in [-0.25, -0.2) is 4.79 Å². The van der Waals surface area contributed by atoms with Crippen LogP contribution in [-0.4, -0.2) is 17.1 Å². The van der Waals surface area contributed by atoms with Crippen LogP contribution in [0.2, 0.25) is 0 Å². The summed E-state index contributed by atoms with van der Waals surface area (Å²) >= 11 is 0.980. The summed E-state index contributed by atoms with van der Waals surface area (Å²) in [5.41, 5.74) is 0.119. The lowest BCUT2D eigenvalue weighted by Gasteiger charge is -2.06. The number of rotatable bonds is 5. The second-order valence-corrected chi connectivity index (χ2v) is 7.73. The van der Waals surface area contributed by atoms with Gasteiger partial charge >= 0.3 is 12.1 Å². The molecule has 0 saturated carbocycles. The molecule has 0 unspecified atom stereocenters. The van der Waals surface area contributed by atoms with Crippen molar-refractivity contribution in [2.75, 3.05) is 6.61 Å². The van der Waals surface area contributed by atoms with Crippen molar-refractivity contribution in [1.29, 1.82) is 5.26 Å². The predicted molar refractivity (Wildman–Crippen MR) is 114 cm³/mol. The number of carbonyl (C=O) groups excluding carboxylic acids is 1. The fourth-order valence-electron chi connectivity index (χ4n) is 2.90. The Labute approximate surface area is 184 Å². The Bertz CT molecular complexity index is 1350. The zero-order valence-electron chi connectivity index (χ0n) is 16.8. The van der Waals surface area contributed by atoms with E-state index in [1.807, 2.05) is 6.07 Å². The third-order valence-corrected chi connectivity index (χ3v) is 5.46. The molecule has 0 N–H and O–H groups in total. The molecule has 0 aliphatic carbocycles. The summed E-state index contributed by atoms with van der Waals surface area (Å²) < 4.78 is 45.8. The van der Waals surface area contributed by atoms with Crippen LogP contribution in [0.3, 0.4) is 0 Å². The first kappa shape index (κ1) is 23.0. The van der Waals surface area contributed by atoms with Gasteiger partial charge in [0.2, 0.25) is 0 Å². The van der Waals surface area contributed by atoms with E-state index in [1.165, 1.54) is 28.9 Å². The lowest BCUT2D eigenvalue weighted by molar-refractivity contribution is -0.137. The molecule has 1 heterocycles. The van der Waals surface area contributed by atoms with Crippen LogP contribution in [0.1, 0.15) is 29.2 Å². The molecule has 32 heavy (non-hydrogen) atoms. The Morgan fingerprint density at radius 2 is 1.94 bits per heavy atom. The van der Waals surface area contributed by atoms with Crippen molar-refractivity contribution in [1.82, 2.24) is 4.57 Å². The number of esters is 1. The van der Waals surface area contributed by atoms with Gasteiger partial charge in [0.05, 0.1) is 41.0 Å². The van der Waals surface area contributed by atoms with Gasteiger partial charge in [0.15, 0.2) is 0 Å². The Morgan fingerprint density at radius 1 is 1.22 bits per heavy atom. The van der Waals surface area contributed by atoms with Crippen LogP contribution in [0.25, 0.3) is 12.2 Å². The molecule has 3 rings (SSSR count). The third kappa shape index (κ3) is 5.53. The second kappa shape index (κ2) is 9.66. The Kier molecular flexibility index (Phi) is 6.95. The zero-order chi connectivity index (χ0) is 23.3. The molecule has 2 aromatic carbocycles. The lowest BCUT2D eigenvalue weighted by atomic mass is 10.1. The number of hydrogen-bond acceptors (Lipinski definition) is 5. The summed E-state index contributed by atoms with van der Waals surface area (Å²) in [7, 11) is 0. The highest BCUT2D eigenvalue weighted by atomic mass is 32.1. The van der Waals surface area contributed by atoms with Crippen LogP contribution in [0, 0.1) is 11.3 Å². The SMILES string of the molecule is CCOC(=O)/C=c1\s/c(=C\c2cccc(C(F)(F)F)c2)c(=O)n1Cc1ccc(C#N)cc1. The number of alkyl halides is 3. The maximum atomic E-state index is 13.0. The normalized spacial score (nSPS) is 12.6. The minimum Gasteiger partial charge on any atom is -0.463 e. The standard InChI is InChI=1S/C23H17F3N2O3S/c1-2-31-21(29)12-20-28(14-16-8-6-15(13-27)7-9-16)22(30)19(32-20)11-17-4-3-5-18(10-17)23(24,25)26/h3-12H,2,14H2,1H3/b19-11-,20-12-. The smallest absolute Gasteiger partial charge is 0.416 e. The molecule has 0 aliphatic rings. The summed E-state index contributed by atoms with van der Waals surface area (Å²) in [6.07, 6.45) is -1.96.